The first-order chi connectivity index (χ1) is 13.1. The zero-order chi connectivity index (χ0) is 25.1. The molecule has 0 aromatic carbocycles. The molecule has 0 saturated heterocycles. The van der Waals surface area contributed by atoms with Crippen LogP contribution >= 0.6 is 0 Å². The second-order valence-corrected chi connectivity index (χ2v) is 8.64. The summed E-state index contributed by atoms with van der Waals surface area (Å²) in [5.74, 6) is -7.00. The van der Waals surface area contributed by atoms with Gasteiger partial charge in [0.15, 0.2) is 10.5 Å². The average Bonchev–Trinajstić information content (AvgIpc) is 2.48. The van der Waals surface area contributed by atoms with E-state index >= 15 is 0 Å². The minimum absolute atomic E-state index is 0.104. The quantitative estimate of drug-likeness (QED) is 0.111. The summed E-state index contributed by atoms with van der Waals surface area (Å²) < 4.78 is 57.3. The first-order valence-electron chi connectivity index (χ1n) is 7.09. The van der Waals surface area contributed by atoms with Crippen molar-refractivity contribution in [1.82, 2.24) is 0 Å². The van der Waals surface area contributed by atoms with Crippen LogP contribution in [0, 0.1) is 0 Å². The molecule has 0 rings (SSSR count). The molecule has 0 aliphatic carbocycles. The molecule has 3 unspecified atom stereocenters. The summed E-state index contributed by atoms with van der Waals surface area (Å²) in [4.78, 5) is 40.0. The van der Waals surface area contributed by atoms with Gasteiger partial charge in [-0.05, 0) is 6.92 Å². The van der Waals surface area contributed by atoms with Crippen LogP contribution in [0.2, 0.25) is 0 Å². The van der Waals surface area contributed by atoms with Crippen LogP contribution in [0.15, 0.2) is 0 Å². The Kier molecular flexibility index (Phi) is 14.0. The molecule has 0 spiro atoms. The van der Waals surface area contributed by atoms with Gasteiger partial charge in [-0.15, -0.1) is 0 Å². The van der Waals surface area contributed by atoms with Gasteiger partial charge in [-0.2, -0.15) is 16.8 Å². The third kappa shape index (κ3) is 18.9. The highest BCUT2D eigenvalue weighted by molar-refractivity contribution is 7.87. The molecule has 0 heterocycles. The molecule has 0 fully saturated rings. The normalized spacial score (nSPS) is 15.0. The maximum atomic E-state index is 10.2. The van der Waals surface area contributed by atoms with E-state index in [-0.39, 0.29) is 6.54 Å². The van der Waals surface area contributed by atoms with E-state index in [4.69, 9.17) is 46.1 Å². The van der Waals surface area contributed by atoms with Crippen LogP contribution in [0.25, 0.3) is 0 Å². The Morgan fingerprint density at radius 3 is 1.03 bits per heavy atom. The predicted molar refractivity (Wildman–Crippen MR) is 94.3 cm³/mol. The minimum atomic E-state index is -4.84. The fourth-order valence-corrected chi connectivity index (χ4v) is 2.17. The molecule has 0 aliphatic heterocycles. The second-order valence-electron chi connectivity index (χ2n) is 5.44. The Balaban J connectivity index is -0.000000386. The van der Waals surface area contributed by atoms with Crippen LogP contribution < -0.4 is 11.5 Å². The lowest BCUT2D eigenvalue weighted by Crippen LogP contribution is -2.43. The smallest absolute Gasteiger partial charge is 0.325 e. The Hall–Kier alpha value is -2.42. The lowest BCUT2D eigenvalue weighted by molar-refractivity contribution is -0.143. The number of rotatable bonds is 9. The van der Waals surface area contributed by atoms with E-state index in [0.29, 0.717) is 0 Å². The molecule has 0 saturated carbocycles. The van der Waals surface area contributed by atoms with Crippen LogP contribution in [0.1, 0.15) is 19.8 Å². The molecule has 178 valence electrons. The summed E-state index contributed by atoms with van der Waals surface area (Å²) in [5.41, 5.74) is 8.72. The van der Waals surface area contributed by atoms with Crippen LogP contribution in [0.4, 0.5) is 0 Å². The van der Waals surface area contributed by atoms with Gasteiger partial charge >= 0.3 is 23.9 Å². The van der Waals surface area contributed by atoms with Gasteiger partial charge in [0.1, 0.15) is 5.72 Å². The fourth-order valence-electron chi connectivity index (χ4n) is 0.957. The monoisotopic (exact) mass is 486 g/mol. The van der Waals surface area contributed by atoms with Crippen molar-refractivity contribution in [3.8, 4) is 0 Å². The number of aliphatic carboxylic acids is 4. The summed E-state index contributed by atoms with van der Waals surface area (Å²) in [6, 6.07) is 0. The maximum Gasteiger partial charge on any atom is 0.325 e. The van der Waals surface area contributed by atoms with E-state index in [1.807, 2.05) is 0 Å². The number of carboxylic acids is 4. The van der Waals surface area contributed by atoms with Crippen molar-refractivity contribution in [3.63, 3.8) is 0 Å². The molecule has 17 nitrogen and oxygen atoms in total. The zero-order valence-corrected chi connectivity index (χ0v) is 16.8. The van der Waals surface area contributed by atoms with Gasteiger partial charge in [0, 0.05) is 6.54 Å². The number of carbonyl (C=O) groups is 4. The van der Waals surface area contributed by atoms with Crippen molar-refractivity contribution in [2.24, 2.45) is 11.5 Å². The number of nitrogens with two attached hydrogens (primary N) is 2. The summed E-state index contributed by atoms with van der Waals surface area (Å²) in [5, 5.41) is 36.3. The van der Waals surface area contributed by atoms with E-state index in [1.165, 1.54) is 6.92 Å². The summed E-state index contributed by atoms with van der Waals surface area (Å²) in [6.07, 6.45) is -2.32. The third-order valence-corrected chi connectivity index (χ3v) is 4.58. The number of hydrogen-bond acceptors (Lipinski definition) is 11. The molecular weight excluding hydrogens is 464 g/mol. The van der Waals surface area contributed by atoms with Crippen LogP contribution in [0.5, 0.6) is 0 Å². The average molecular weight is 486 g/mol. The van der Waals surface area contributed by atoms with Crippen LogP contribution in [-0.2, 0) is 39.4 Å². The molecule has 11 N–H and O–H groups in total. The zero-order valence-electron chi connectivity index (χ0n) is 15.1. The first-order valence-corrected chi connectivity index (χ1v) is 10.1. The van der Waals surface area contributed by atoms with Crippen molar-refractivity contribution in [2.75, 3.05) is 6.54 Å². The SMILES string of the molecule is CC(N)(O)CN.O=C(O)CC(C(=O)O)S(=O)(=O)O.O=C(O)CC(C(=O)O)S(=O)(=O)O. The highest BCUT2D eigenvalue weighted by Gasteiger charge is 2.33. The molecule has 0 radical (unpaired) electrons. The molecule has 0 amide bonds. The van der Waals surface area contributed by atoms with Gasteiger partial charge < -0.3 is 37.0 Å². The molecule has 19 heteroatoms. The van der Waals surface area contributed by atoms with Crippen molar-refractivity contribution in [1.29, 1.82) is 0 Å². The first kappa shape index (κ1) is 32.3. The second kappa shape index (κ2) is 13.0. The Morgan fingerprint density at radius 2 is 1.00 bits per heavy atom. The topological polar surface area (TPSA) is 330 Å². The summed E-state index contributed by atoms with van der Waals surface area (Å²) >= 11 is 0. The summed E-state index contributed by atoms with van der Waals surface area (Å²) in [7, 11) is -9.68. The van der Waals surface area contributed by atoms with E-state index in [9.17, 15) is 36.0 Å². The van der Waals surface area contributed by atoms with Crippen molar-refractivity contribution in [3.05, 3.63) is 0 Å². The molecule has 0 aliphatic rings. The minimum Gasteiger partial charge on any atom is -0.481 e. The van der Waals surface area contributed by atoms with Gasteiger partial charge in [-0.1, -0.05) is 0 Å². The van der Waals surface area contributed by atoms with Gasteiger partial charge in [0.2, 0.25) is 0 Å². The summed E-state index contributed by atoms with van der Waals surface area (Å²) in [6.45, 7) is 1.56. The molecule has 0 aromatic heterocycles. The predicted octanol–water partition coefficient (Wildman–Crippen LogP) is -3.78. The van der Waals surface area contributed by atoms with E-state index in [1.54, 1.807) is 0 Å². The van der Waals surface area contributed by atoms with Gasteiger partial charge in [0.05, 0.1) is 12.8 Å². The van der Waals surface area contributed by atoms with Gasteiger partial charge in [-0.25, -0.2) is 0 Å². The Morgan fingerprint density at radius 1 is 0.800 bits per heavy atom. The Labute approximate surface area is 169 Å². The number of carboxylic acid groups (broad SMARTS) is 4. The molecule has 0 aromatic rings. The third-order valence-electron chi connectivity index (χ3n) is 2.40. The Bertz CT molecular complexity index is 750. The van der Waals surface area contributed by atoms with Crippen LogP contribution in [0.3, 0.4) is 0 Å². The van der Waals surface area contributed by atoms with E-state index in [2.05, 4.69) is 0 Å². The van der Waals surface area contributed by atoms with E-state index in [0.717, 1.165) is 0 Å². The standard InChI is InChI=1S/2C4H6O7S.C3H10N2O/c2*5-3(6)1-2(4(7)8)12(9,10)11;1-3(5,6)2-4/h2*2H,1H2,(H,5,6)(H,7,8)(H,9,10,11);6H,2,4-5H2,1H3. The van der Waals surface area contributed by atoms with Crippen molar-refractivity contribution < 1.29 is 70.7 Å². The molecular formula is C11H22N2O15S2. The molecule has 0 bridgehead atoms. The number of aliphatic hydroxyl groups is 1. The van der Waals surface area contributed by atoms with E-state index < -0.39 is 73.2 Å². The van der Waals surface area contributed by atoms with Gasteiger partial charge in [-0.3, -0.25) is 28.3 Å². The maximum absolute atomic E-state index is 10.2. The van der Waals surface area contributed by atoms with Crippen LogP contribution in [-0.4, -0.2) is 98.1 Å². The largest absolute Gasteiger partial charge is 0.481 e. The van der Waals surface area contributed by atoms with Crippen molar-refractivity contribution >= 4 is 44.1 Å². The lowest BCUT2D eigenvalue weighted by Gasteiger charge is -2.11. The van der Waals surface area contributed by atoms with Crippen molar-refractivity contribution in [2.45, 2.75) is 36.0 Å². The van der Waals surface area contributed by atoms with Gasteiger partial charge in [0.25, 0.3) is 20.2 Å². The fraction of sp³-hybridized carbons (Fsp3) is 0.636. The highest BCUT2D eigenvalue weighted by atomic mass is 32.2. The number of hydrogen-bond donors (Lipinski definition) is 9. The lowest BCUT2D eigenvalue weighted by atomic mass is 10.3. The molecule has 3 atom stereocenters. The molecule has 30 heavy (non-hydrogen) atoms. The highest BCUT2D eigenvalue weighted by Crippen LogP contribution is 2.05.